The number of hydrogen-bond donors (Lipinski definition) is 0. The third-order valence-electron chi connectivity index (χ3n) is 4.06. The van der Waals surface area contributed by atoms with E-state index in [1.807, 2.05) is 0 Å². The first-order chi connectivity index (χ1) is 9.43. The van der Waals surface area contributed by atoms with Crippen molar-refractivity contribution in [2.75, 3.05) is 13.6 Å². The molecule has 0 bridgehead atoms. The lowest BCUT2D eigenvalue weighted by Crippen LogP contribution is -2.22. The van der Waals surface area contributed by atoms with Gasteiger partial charge < -0.3 is 4.90 Å². The molecular formula is C20H39N. The van der Waals surface area contributed by atoms with Crippen LogP contribution in [0.5, 0.6) is 0 Å². The highest BCUT2D eigenvalue weighted by Crippen LogP contribution is 2.28. The molecule has 124 valence electrons. The molecule has 0 radical (unpaired) electrons. The molecular weight excluding hydrogens is 254 g/mol. The average Bonchev–Trinajstić information content (AvgIpc) is 2.29. The Labute approximate surface area is 134 Å². The third kappa shape index (κ3) is 10.6. The Morgan fingerprint density at radius 3 is 1.86 bits per heavy atom. The van der Waals surface area contributed by atoms with Crippen LogP contribution in [0, 0.1) is 10.8 Å². The summed E-state index contributed by atoms with van der Waals surface area (Å²) >= 11 is 0. The van der Waals surface area contributed by atoms with Crippen molar-refractivity contribution < 1.29 is 0 Å². The molecule has 0 saturated heterocycles. The number of nitrogens with zero attached hydrogens (tertiary/aromatic N) is 1. The van der Waals surface area contributed by atoms with Crippen molar-refractivity contribution >= 4 is 0 Å². The molecule has 0 fully saturated rings. The molecule has 0 heterocycles. The van der Waals surface area contributed by atoms with E-state index in [9.17, 15) is 0 Å². The lowest BCUT2D eigenvalue weighted by atomic mass is 9.84. The Morgan fingerprint density at radius 1 is 0.857 bits per heavy atom. The van der Waals surface area contributed by atoms with Gasteiger partial charge in [0.15, 0.2) is 0 Å². The second-order valence-corrected chi connectivity index (χ2v) is 8.74. The maximum Gasteiger partial charge on any atom is 0.0171 e. The highest BCUT2D eigenvalue weighted by Gasteiger charge is 2.15. The van der Waals surface area contributed by atoms with E-state index in [2.05, 4.69) is 66.6 Å². The van der Waals surface area contributed by atoms with Gasteiger partial charge in [0.1, 0.15) is 0 Å². The predicted molar refractivity (Wildman–Crippen MR) is 97.5 cm³/mol. The maximum atomic E-state index is 4.22. The fourth-order valence-electron chi connectivity index (χ4n) is 2.32. The van der Waals surface area contributed by atoms with Crippen molar-refractivity contribution in [2.24, 2.45) is 10.8 Å². The van der Waals surface area contributed by atoms with Crippen LogP contribution in [-0.4, -0.2) is 18.5 Å². The van der Waals surface area contributed by atoms with Crippen molar-refractivity contribution in [3.63, 3.8) is 0 Å². The molecule has 0 saturated carbocycles. The van der Waals surface area contributed by atoms with Gasteiger partial charge in [0.2, 0.25) is 0 Å². The quantitative estimate of drug-likeness (QED) is 0.350. The first-order valence-corrected chi connectivity index (χ1v) is 8.50. The molecule has 0 atom stereocenters. The minimum atomic E-state index is 0.269. The molecule has 1 nitrogen and oxygen atoms in total. The van der Waals surface area contributed by atoms with Crippen molar-refractivity contribution in [3.8, 4) is 0 Å². The Bertz CT molecular complexity index is 325. The van der Waals surface area contributed by atoms with Gasteiger partial charge in [-0.25, -0.2) is 0 Å². The van der Waals surface area contributed by atoms with Gasteiger partial charge in [-0.2, -0.15) is 0 Å². The van der Waals surface area contributed by atoms with E-state index in [1.54, 1.807) is 0 Å². The molecule has 0 aliphatic carbocycles. The summed E-state index contributed by atoms with van der Waals surface area (Å²) in [6.45, 7) is 23.1. The first-order valence-electron chi connectivity index (χ1n) is 8.50. The SMILES string of the molecule is C=C(CC(C)(C)C)N(C)CCCCCCC(=C)C(C)(C)C. The zero-order valence-electron chi connectivity index (χ0n) is 15.8. The zero-order chi connectivity index (χ0) is 16.7. The summed E-state index contributed by atoms with van der Waals surface area (Å²) in [7, 11) is 2.18. The summed E-state index contributed by atoms with van der Waals surface area (Å²) in [6, 6.07) is 0. The Morgan fingerprint density at radius 2 is 1.38 bits per heavy atom. The summed E-state index contributed by atoms with van der Waals surface area (Å²) in [6.07, 6.45) is 7.43. The molecule has 0 N–H and O–H groups in total. The van der Waals surface area contributed by atoms with Crippen LogP contribution in [0.1, 0.15) is 80.1 Å². The van der Waals surface area contributed by atoms with Crippen molar-refractivity contribution in [1.82, 2.24) is 4.90 Å². The molecule has 1 heteroatoms. The van der Waals surface area contributed by atoms with Crippen LogP contribution in [0.4, 0.5) is 0 Å². The lowest BCUT2D eigenvalue weighted by molar-refractivity contribution is 0.321. The largest absolute Gasteiger partial charge is 0.378 e. The molecule has 0 aromatic carbocycles. The van der Waals surface area contributed by atoms with Crippen LogP contribution in [0.3, 0.4) is 0 Å². The second kappa shape index (κ2) is 8.66. The highest BCUT2D eigenvalue weighted by molar-refractivity contribution is 5.04. The summed E-state index contributed by atoms with van der Waals surface area (Å²) in [5, 5.41) is 0. The van der Waals surface area contributed by atoms with Crippen LogP contribution in [0.2, 0.25) is 0 Å². The van der Waals surface area contributed by atoms with Gasteiger partial charge in [0.05, 0.1) is 0 Å². The van der Waals surface area contributed by atoms with E-state index < -0.39 is 0 Å². The van der Waals surface area contributed by atoms with Crippen molar-refractivity contribution in [2.45, 2.75) is 80.1 Å². The van der Waals surface area contributed by atoms with Crippen LogP contribution in [-0.2, 0) is 0 Å². The van der Waals surface area contributed by atoms with E-state index in [4.69, 9.17) is 0 Å². The minimum absolute atomic E-state index is 0.269. The zero-order valence-corrected chi connectivity index (χ0v) is 15.8. The van der Waals surface area contributed by atoms with Gasteiger partial charge in [-0.15, -0.1) is 0 Å². The molecule has 0 aromatic heterocycles. The van der Waals surface area contributed by atoms with Crippen LogP contribution in [0.15, 0.2) is 24.4 Å². The van der Waals surface area contributed by atoms with Gasteiger partial charge >= 0.3 is 0 Å². The van der Waals surface area contributed by atoms with E-state index in [1.165, 1.54) is 43.4 Å². The van der Waals surface area contributed by atoms with E-state index in [0.29, 0.717) is 5.41 Å². The van der Waals surface area contributed by atoms with Gasteiger partial charge in [0, 0.05) is 19.3 Å². The van der Waals surface area contributed by atoms with E-state index in [0.717, 1.165) is 13.0 Å². The summed E-state index contributed by atoms with van der Waals surface area (Å²) in [4.78, 5) is 2.33. The van der Waals surface area contributed by atoms with Gasteiger partial charge in [0.25, 0.3) is 0 Å². The number of allylic oxidation sites excluding steroid dienone is 2. The van der Waals surface area contributed by atoms with Crippen LogP contribution >= 0.6 is 0 Å². The third-order valence-corrected chi connectivity index (χ3v) is 4.06. The molecule has 0 aliphatic rings. The minimum Gasteiger partial charge on any atom is -0.378 e. The van der Waals surface area contributed by atoms with Gasteiger partial charge in [-0.3, -0.25) is 0 Å². The van der Waals surface area contributed by atoms with Crippen molar-refractivity contribution in [1.29, 1.82) is 0 Å². The molecule has 0 rings (SSSR count). The molecule has 0 amide bonds. The predicted octanol–water partition coefficient (Wildman–Crippen LogP) is 6.42. The number of rotatable bonds is 9. The molecule has 0 aromatic rings. The van der Waals surface area contributed by atoms with E-state index >= 15 is 0 Å². The highest BCUT2D eigenvalue weighted by atomic mass is 15.1. The van der Waals surface area contributed by atoms with Gasteiger partial charge in [-0.05, 0) is 36.5 Å². The first kappa shape index (κ1) is 20.3. The standard InChI is InChI=1S/C20H39N/c1-17(20(6,7)8)14-12-10-11-13-15-21(9)18(2)16-19(3,4)5/h1-2,10-16H2,3-9H3. The molecule has 0 aliphatic heterocycles. The average molecular weight is 294 g/mol. The summed E-state index contributed by atoms with van der Waals surface area (Å²) in [5.74, 6) is 0. The van der Waals surface area contributed by atoms with E-state index in [-0.39, 0.29) is 5.41 Å². The Kier molecular flexibility index (Phi) is 8.36. The molecule has 0 unspecified atom stereocenters. The maximum absolute atomic E-state index is 4.22. The topological polar surface area (TPSA) is 3.24 Å². The number of hydrogen-bond acceptors (Lipinski definition) is 1. The normalized spacial score (nSPS) is 12.3. The Hall–Kier alpha value is -0.720. The van der Waals surface area contributed by atoms with Gasteiger partial charge in [-0.1, -0.05) is 73.1 Å². The Balaban J connectivity index is 3.72. The lowest BCUT2D eigenvalue weighted by Gasteiger charge is -2.27. The van der Waals surface area contributed by atoms with Crippen LogP contribution in [0.25, 0.3) is 0 Å². The number of unbranched alkanes of at least 4 members (excludes halogenated alkanes) is 3. The van der Waals surface area contributed by atoms with Crippen LogP contribution < -0.4 is 0 Å². The smallest absolute Gasteiger partial charge is 0.0171 e. The van der Waals surface area contributed by atoms with Crippen molar-refractivity contribution in [3.05, 3.63) is 24.4 Å². The molecule has 0 spiro atoms. The monoisotopic (exact) mass is 293 g/mol. The second-order valence-electron chi connectivity index (χ2n) is 8.74. The molecule has 21 heavy (non-hydrogen) atoms. The summed E-state index contributed by atoms with van der Waals surface area (Å²) < 4.78 is 0. The fraction of sp³-hybridized carbons (Fsp3) is 0.800. The fourth-order valence-corrected chi connectivity index (χ4v) is 2.32. The summed E-state index contributed by atoms with van der Waals surface area (Å²) in [5.41, 5.74) is 3.26.